The van der Waals surface area contributed by atoms with E-state index in [2.05, 4.69) is 15.5 Å². The summed E-state index contributed by atoms with van der Waals surface area (Å²) in [5.74, 6) is -0.137. The normalized spacial score (nSPS) is 11.8. The lowest BCUT2D eigenvalue weighted by Crippen LogP contribution is -2.30. The third kappa shape index (κ3) is 3.75. The van der Waals surface area contributed by atoms with Gasteiger partial charge >= 0.3 is 0 Å². The molecule has 1 atom stereocenters. The molecule has 2 aromatic carbocycles. The summed E-state index contributed by atoms with van der Waals surface area (Å²) in [5.41, 5.74) is 1.24. The second kappa shape index (κ2) is 6.91. The van der Waals surface area contributed by atoms with E-state index in [1.54, 1.807) is 37.3 Å². The number of halogens is 1. The van der Waals surface area contributed by atoms with E-state index >= 15 is 0 Å². The van der Waals surface area contributed by atoms with Crippen LogP contribution < -0.4 is 10.1 Å². The zero-order valence-corrected chi connectivity index (χ0v) is 12.8. The molecule has 0 bridgehead atoms. The molecule has 1 aromatic heterocycles. The fraction of sp³-hybridized carbons (Fsp3) is 0.118. The fourth-order valence-electron chi connectivity index (χ4n) is 2.07. The summed E-state index contributed by atoms with van der Waals surface area (Å²) in [6.07, 6.45) is 0.439. The predicted molar refractivity (Wildman–Crippen MR) is 84.9 cm³/mol. The molecule has 0 radical (unpaired) electrons. The van der Waals surface area contributed by atoms with E-state index in [0.29, 0.717) is 17.1 Å². The Morgan fingerprint density at radius 1 is 1.25 bits per heavy atom. The maximum absolute atomic E-state index is 13.1. The Morgan fingerprint density at radius 3 is 2.83 bits per heavy atom. The molecule has 1 amide bonds. The van der Waals surface area contributed by atoms with Gasteiger partial charge in [-0.05, 0) is 37.3 Å². The van der Waals surface area contributed by atoms with Gasteiger partial charge in [0.1, 0.15) is 11.6 Å². The van der Waals surface area contributed by atoms with E-state index < -0.39 is 11.9 Å². The van der Waals surface area contributed by atoms with Crippen molar-refractivity contribution in [3.8, 4) is 17.2 Å². The van der Waals surface area contributed by atoms with Crippen LogP contribution in [-0.2, 0) is 4.79 Å². The minimum absolute atomic E-state index is 0.289. The van der Waals surface area contributed by atoms with Gasteiger partial charge in [0.05, 0.1) is 0 Å². The first-order valence-corrected chi connectivity index (χ1v) is 7.21. The van der Waals surface area contributed by atoms with Gasteiger partial charge in [-0.3, -0.25) is 4.79 Å². The topological polar surface area (TPSA) is 77.2 Å². The Labute approximate surface area is 137 Å². The molecule has 1 N–H and O–H groups in total. The van der Waals surface area contributed by atoms with Crippen LogP contribution in [0.5, 0.6) is 5.75 Å². The number of hydrogen-bond donors (Lipinski definition) is 1. The number of hydrogen-bond acceptors (Lipinski definition) is 5. The number of nitrogens with zero attached hydrogens (tertiary/aromatic N) is 2. The van der Waals surface area contributed by atoms with E-state index in [0.717, 1.165) is 0 Å². The maximum Gasteiger partial charge on any atom is 0.265 e. The number of amides is 1. The third-order valence-corrected chi connectivity index (χ3v) is 3.22. The summed E-state index contributed by atoms with van der Waals surface area (Å²) >= 11 is 0. The molecular formula is C17H14FN3O3. The standard InChI is InChI=1S/C17H14FN3O3/c1-11(24-15-7-3-5-13(18)9-15)16(22)20-14-6-2-4-12(8-14)17-21-19-10-23-17/h2-11H,1H3,(H,20,22). The smallest absolute Gasteiger partial charge is 0.265 e. The van der Waals surface area contributed by atoms with Gasteiger partial charge in [0.25, 0.3) is 5.91 Å². The van der Waals surface area contributed by atoms with Crippen LogP contribution in [0.1, 0.15) is 6.92 Å². The first kappa shape index (κ1) is 15.7. The van der Waals surface area contributed by atoms with Crippen molar-refractivity contribution in [2.75, 3.05) is 5.32 Å². The number of nitrogens with one attached hydrogen (secondary N) is 1. The second-order valence-electron chi connectivity index (χ2n) is 5.03. The second-order valence-corrected chi connectivity index (χ2v) is 5.03. The molecule has 122 valence electrons. The molecule has 0 spiro atoms. The molecule has 0 aliphatic heterocycles. The van der Waals surface area contributed by atoms with Crippen LogP contribution in [0.3, 0.4) is 0 Å². The Morgan fingerprint density at radius 2 is 2.08 bits per heavy atom. The average Bonchev–Trinajstić information content (AvgIpc) is 3.09. The Kier molecular flexibility index (Phi) is 4.51. The van der Waals surface area contributed by atoms with Crippen molar-refractivity contribution in [2.24, 2.45) is 0 Å². The zero-order chi connectivity index (χ0) is 16.9. The summed E-state index contributed by atoms with van der Waals surface area (Å²) in [6, 6.07) is 12.6. The van der Waals surface area contributed by atoms with Gasteiger partial charge < -0.3 is 14.5 Å². The minimum atomic E-state index is -0.793. The first-order valence-electron chi connectivity index (χ1n) is 7.21. The largest absolute Gasteiger partial charge is 0.481 e. The number of ether oxygens (including phenoxy) is 1. The zero-order valence-electron chi connectivity index (χ0n) is 12.8. The summed E-state index contributed by atoms with van der Waals surface area (Å²) in [4.78, 5) is 12.2. The molecular weight excluding hydrogens is 313 g/mol. The van der Waals surface area contributed by atoms with Crippen LogP contribution in [0.25, 0.3) is 11.5 Å². The SMILES string of the molecule is CC(Oc1cccc(F)c1)C(=O)Nc1cccc(-c2nnco2)c1. The highest BCUT2D eigenvalue weighted by Gasteiger charge is 2.15. The van der Waals surface area contributed by atoms with Gasteiger partial charge in [0.15, 0.2) is 6.10 Å². The van der Waals surface area contributed by atoms with E-state index in [1.807, 2.05) is 0 Å². The average molecular weight is 327 g/mol. The molecule has 24 heavy (non-hydrogen) atoms. The van der Waals surface area contributed by atoms with E-state index in [4.69, 9.17) is 9.15 Å². The highest BCUT2D eigenvalue weighted by atomic mass is 19.1. The van der Waals surface area contributed by atoms with Gasteiger partial charge in [-0.15, -0.1) is 10.2 Å². The van der Waals surface area contributed by atoms with E-state index in [1.165, 1.54) is 24.6 Å². The lowest BCUT2D eigenvalue weighted by molar-refractivity contribution is -0.122. The van der Waals surface area contributed by atoms with Crippen molar-refractivity contribution in [1.82, 2.24) is 10.2 Å². The number of carbonyl (C=O) groups is 1. The van der Waals surface area contributed by atoms with E-state index in [-0.39, 0.29) is 11.7 Å². The van der Waals surface area contributed by atoms with Gasteiger partial charge in [0, 0.05) is 17.3 Å². The summed E-state index contributed by atoms with van der Waals surface area (Å²) in [7, 11) is 0. The molecule has 0 saturated carbocycles. The molecule has 7 heteroatoms. The van der Waals surface area contributed by atoms with Gasteiger partial charge in [-0.1, -0.05) is 12.1 Å². The Balaban J connectivity index is 1.67. The fourth-order valence-corrected chi connectivity index (χ4v) is 2.07. The summed E-state index contributed by atoms with van der Waals surface area (Å²) < 4.78 is 23.7. The lowest BCUT2D eigenvalue weighted by atomic mass is 10.2. The van der Waals surface area contributed by atoms with Crippen LogP contribution in [-0.4, -0.2) is 22.2 Å². The quantitative estimate of drug-likeness (QED) is 0.778. The van der Waals surface area contributed by atoms with Crippen molar-refractivity contribution < 1.29 is 18.3 Å². The molecule has 0 aliphatic rings. The number of anilines is 1. The molecule has 0 saturated heterocycles. The van der Waals surface area contributed by atoms with Crippen LogP contribution in [0.2, 0.25) is 0 Å². The maximum atomic E-state index is 13.1. The Bertz CT molecular complexity index is 837. The summed E-state index contributed by atoms with van der Waals surface area (Å²) in [5, 5.41) is 10.2. The number of rotatable bonds is 5. The van der Waals surface area contributed by atoms with Gasteiger partial charge in [-0.2, -0.15) is 0 Å². The van der Waals surface area contributed by atoms with Gasteiger partial charge in [0.2, 0.25) is 12.3 Å². The lowest BCUT2D eigenvalue weighted by Gasteiger charge is -2.15. The van der Waals surface area contributed by atoms with Crippen LogP contribution in [0, 0.1) is 5.82 Å². The molecule has 1 heterocycles. The highest BCUT2D eigenvalue weighted by Crippen LogP contribution is 2.21. The van der Waals surface area contributed by atoms with Crippen molar-refractivity contribution in [2.45, 2.75) is 13.0 Å². The number of benzene rings is 2. The van der Waals surface area contributed by atoms with Crippen molar-refractivity contribution in [1.29, 1.82) is 0 Å². The van der Waals surface area contributed by atoms with Crippen molar-refractivity contribution in [3.63, 3.8) is 0 Å². The van der Waals surface area contributed by atoms with Gasteiger partial charge in [-0.25, -0.2) is 4.39 Å². The number of carbonyl (C=O) groups excluding carboxylic acids is 1. The van der Waals surface area contributed by atoms with E-state index in [9.17, 15) is 9.18 Å². The monoisotopic (exact) mass is 327 g/mol. The van der Waals surface area contributed by atoms with Crippen molar-refractivity contribution in [3.05, 3.63) is 60.7 Å². The third-order valence-electron chi connectivity index (χ3n) is 3.22. The predicted octanol–water partition coefficient (Wildman–Crippen LogP) is 3.28. The number of aromatic nitrogens is 2. The molecule has 1 unspecified atom stereocenters. The van der Waals surface area contributed by atoms with Crippen molar-refractivity contribution >= 4 is 11.6 Å². The van der Waals surface area contributed by atoms with Crippen LogP contribution in [0.4, 0.5) is 10.1 Å². The molecule has 6 nitrogen and oxygen atoms in total. The first-order chi connectivity index (χ1) is 11.6. The van der Waals surface area contributed by atoms with Crippen LogP contribution >= 0.6 is 0 Å². The molecule has 3 rings (SSSR count). The summed E-state index contributed by atoms with van der Waals surface area (Å²) in [6.45, 7) is 1.59. The Hall–Kier alpha value is -3.22. The highest BCUT2D eigenvalue weighted by molar-refractivity contribution is 5.94. The molecule has 0 fully saturated rings. The molecule has 0 aliphatic carbocycles. The molecule has 3 aromatic rings. The minimum Gasteiger partial charge on any atom is -0.481 e. The van der Waals surface area contributed by atoms with Crippen LogP contribution in [0.15, 0.2) is 59.3 Å².